The van der Waals surface area contributed by atoms with Gasteiger partial charge in [0.05, 0.1) is 23.6 Å². The molecule has 1 aliphatic heterocycles. The molecule has 1 aromatic carbocycles. The zero-order valence-corrected chi connectivity index (χ0v) is 21.2. The van der Waals surface area contributed by atoms with Crippen molar-refractivity contribution in [2.75, 3.05) is 30.3 Å². The summed E-state index contributed by atoms with van der Waals surface area (Å²) in [6, 6.07) is 11.2. The van der Waals surface area contributed by atoms with Crippen molar-refractivity contribution in [2.45, 2.75) is 44.0 Å². The molecule has 39 heavy (non-hydrogen) atoms. The highest BCUT2D eigenvalue weighted by atomic mass is 19.4. The molecular weight excluding hydrogens is 507 g/mol. The minimum atomic E-state index is -4.47. The molecular formula is C28H30F3N7O. The first-order chi connectivity index (χ1) is 18.9. The van der Waals surface area contributed by atoms with E-state index < -0.39 is 17.8 Å². The Morgan fingerprint density at radius 3 is 2.64 bits per heavy atom. The summed E-state index contributed by atoms with van der Waals surface area (Å²) in [6.07, 6.45) is 1.52. The smallest absolute Gasteiger partial charge is 0.391 e. The zero-order valence-electron chi connectivity index (χ0n) is 21.2. The minimum Gasteiger partial charge on any atom is -0.391 e. The van der Waals surface area contributed by atoms with Crippen LogP contribution in [-0.4, -0.2) is 50.4 Å². The lowest BCUT2D eigenvalue weighted by atomic mass is 9.95. The lowest BCUT2D eigenvalue weighted by Crippen LogP contribution is -2.43. The number of aliphatic hydroxyl groups is 1. The Kier molecular flexibility index (Phi) is 6.86. The Labute approximate surface area is 223 Å². The molecule has 1 saturated carbocycles. The number of alkyl halides is 3. The second-order valence-corrected chi connectivity index (χ2v) is 10.3. The summed E-state index contributed by atoms with van der Waals surface area (Å²) < 4.78 is 42.1. The molecule has 4 N–H and O–H groups in total. The first kappa shape index (κ1) is 25.6. The number of halogens is 3. The molecule has 1 saturated heterocycles. The highest BCUT2D eigenvalue weighted by molar-refractivity contribution is 5.64. The predicted molar refractivity (Wildman–Crippen MR) is 142 cm³/mol. The van der Waals surface area contributed by atoms with Gasteiger partial charge in [0, 0.05) is 48.9 Å². The molecule has 0 bridgehead atoms. The Bertz CT molecular complexity index is 1450. The molecule has 4 heterocycles. The molecule has 2 atom stereocenters. The van der Waals surface area contributed by atoms with E-state index in [1.54, 1.807) is 28.8 Å². The number of hydrogen-bond donors (Lipinski definition) is 4. The van der Waals surface area contributed by atoms with Crippen LogP contribution in [0, 0.1) is 5.92 Å². The molecule has 0 unspecified atom stereocenters. The van der Waals surface area contributed by atoms with Gasteiger partial charge in [0.25, 0.3) is 0 Å². The molecule has 0 amide bonds. The summed E-state index contributed by atoms with van der Waals surface area (Å²) in [7, 11) is 0. The lowest BCUT2D eigenvalue weighted by Gasteiger charge is -2.28. The minimum absolute atomic E-state index is 0.0842. The van der Waals surface area contributed by atoms with E-state index >= 15 is 0 Å². The molecule has 0 radical (unpaired) electrons. The molecule has 2 aliphatic rings. The van der Waals surface area contributed by atoms with Gasteiger partial charge in [0.1, 0.15) is 11.6 Å². The van der Waals surface area contributed by atoms with Gasteiger partial charge in [-0.05, 0) is 49.4 Å². The molecule has 4 aromatic rings. The number of nitrogens with zero attached hydrogens (tertiary/aromatic N) is 4. The maximum atomic E-state index is 13.4. The third kappa shape index (κ3) is 5.55. The van der Waals surface area contributed by atoms with E-state index in [9.17, 15) is 18.3 Å². The normalized spacial score (nSPS) is 19.8. The molecule has 0 spiro atoms. The summed E-state index contributed by atoms with van der Waals surface area (Å²) in [5.41, 5.74) is 2.40. The monoisotopic (exact) mass is 537 g/mol. The van der Waals surface area contributed by atoms with Crippen LogP contribution < -0.4 is 16.0 Å². The number of piperidine rings is 1. The predicted octanol–water partition coefficient (Wildman–Crippen LogP) is 4.68. The van der Waals surface area contributed by atoms with Crippen LogP contribution in [0.15, 0.2) is 54.9 Å². The zero-order chi connectivity index (χ0) is 27.0. The number of anilines is 2. The fraction of sp³-hybridized carbons (Fsp3) is 0.393. The first-order valence-electron chi connectivity index (χ1n) is 13.2. The highest BCUT2D eigenvalue weighted by Crippen LogP contribution is 2.42. The number of aliphatic hydroxyl groups excluding tert-OH is 1. The Balaban J connectivity index is 1.21. The van der Waals surface area contributed by atoms with Crippen LogP contribution in [-0.2, 0) is 12.7 Å². The van der Waals surface area contributed by atoms with Gasteiger partial charge >= 0.3 is 6.18 Å². The van der Waals surface area contributed by atoms with Crippen molar-refractivity contribution in [3.63, 3.8) is 0 Å². The van der Waals surface area contributed by atoms with Crippen molar-refractivity contribution >= 4 is 17.3 Å². The van der Waals surface area contributed by atoms with Crippen LogP contribution in [0.5, 0.6) is 0 Å². The number of pyridine rings is 1. The Morgan fingerprint density at radius 2 is 1.90 bits per heavy atom. The van der Waals surface area contributed by atoms with Gasteiger partial charge in [-0.1, -0.05) is 24.3 Å². The van der Waals surface area contributed by atoms with E-state index in [2.05, 4.69) is 26.0 Å². The quantitative estimate of drug-likeness (QED) is 0.259. The SMILES string of the molecule is O[C@H]1CNCC[C@@H]1CNc1cc(NCc2ccc(-c3ncccc3C(F)(F)F)cc2)n2ncc(C3CC3)c2n1. The number of rotatable bonds is 8. The van der Waals surface area contributed by atoms with Gasteiger partial charge in [-0.2, -0.15) is 22.8 Å². The largest absolute Gasteiger partial charge is 0.418 e. The number of hydrogen-bond acceptors (Lipinski definition) is 7. The van der Waals surface area contributed by atoms with Crippen LogP contribution in [0.2, 0.25) is 0 Å². The fourth-order valence-corrected chi connectivity index (χ4v) is 5.09. The average molecular weight is 538 g/mol. The summed E-state index contributed by atoms with van der Waals surface area (Å²) in [5, 5.41) is 24.9. The lowest BCUT2D eigenvalue weighted by molar-refractivity contribution is -0.137. The van der Waals surface area contributed by atoms with Crippen molar-refractivity contribution < 1.29 is 18.3 Å². The van der Waals surface area contributed by atoms with Gasteiger partial charge < -0.3 is 21.1 Å². The molecule has 1 aliphatic carbocycles. The number of aromatic nitrogens is 4. The summed E-state index contributed by atoms with van der Waals surface area (Å²) in [4.78, 5) is 8.83. The van der Waals surface area contributed by atoms with Gasteiger partial charge in [-0.15, -0.1) is 0 Å². The van der Waals surface area contributed by atoms with E-state index in [1.165, 1.54) is 12.3 Å². The van der Waals surface area contributed by atoms with Crippen molar-refractivity contribution in [1.82, 2.24) is 24.9 Å². The fourth-order valence-electron chi connectivity index (χ4n) is 5.09. The van der Waals surface area contributed by atoms with Crippen LogP contribution >= 0.6 is 0 Å². The topological polar surface area (TPSA) is 99.4 Å². The maximum absolute atomic E-state index is 13.4. The van der Waals surface area contributed by atoms with Gasteiger partial charge in [-0.3, -0.25) is 4.98 Å². The second kappa shape index (κ2) is 10.5. The van der Waals surface area contributed by atoms with Crippen molar-refractivity contribution in [3.8, 4) is 11.3 Å². The van der Waals surface area contributed by atoms with Crippen molar-refractivity contribution in [1.29, 1.82) is 0 Å². The third-order valence-corrected chi connectivity index (χ3v) is 7.47. The van der Waals surface area contributed by atoms with Crippen LogP contribution in [0.1, 0.15) is 41.9 Å². The van der Waals surface area contributed by atoms with E-state index in [0.29, 0.717) is 36.9 Å². The van der Waals surface area contributed by atoms with E-state index in [4.69, 9.17) is 4.98 Å². The third-order valence-electron chi connectivity index (χ3n) is 7.47. The van der Waals surface area contributed by atoms with Gasteiger partial charge in [-0.25, -0.2) is 4.98 Å². The molecule has 8 nitrogen and oxygen atoms in total. The van der Waals surface area contributed by atoms with E-state index in [1.807, 2.05) is 12.3 Å². The molecule has 3 aromatic heterocycles. The number of β-amino-alcohol motifs (C(OH)–C–C–N with tert-alkyl or cyclic N) is 1. The molecule has 6 rings (SSSR count). The number of nitrogens with one attached hydrogen (secondary N) is 3. The Morgan fingerprint density at radius 1 is 1.08 bits per heavy atom. The first-order valence-corrected chi connectivity index (χ1v) is 13.2. The molecule has 2 fully saturated rings. The number of fused-ring (bicyclic) bond motifs is 1. The highest BCUT2D eigenvalue weighted by Gasteiger charge is 2.34. The summed E-state index contributed by atoms with van der Waals surface area (Å²) in [6.45, 7) is 2.54. The van der Waals surface area contributed by atoms with E-state index in [0.717, 1.165) is 54.5 Å². The van der Waals surface area contributed by atoms with Crippen LogP contribution in [0.4, 0.5) is 24.8 Å². The van der Waals surface area contributed by atoms with Crippen LogP contribution in [0.3, 0.4) is 0 Å². The molecule has 11 heteroatoms. The average Bonchev–Trinajstić information content (AvgIpc) is 3.69. The maximum Gasteiger partial charge on any atom is 0.418 e. The number of benzene rings is 1. The summed E-state index contributed by atoms with van der Waals surface area (Å²) >= 11 is 0. The van der Waals surface area contributed by atoms with Crippen molar-refractivity contribution in [2.24, 2.45) is 5.92 Å². The summed E-state index contributed by atoms with van der Waals surface area (Å²) in [5.74, 6) is 2.09. The molecule has 204 valence electrons. The second-order valence-electron chi connectivity index (χ2n) is 10.3. The van der Waals surface area contributed by atoms with E-state index in [-0.39, 0.29) is 11.6 Å². The van der Waals surface area contributed by atoms with Gasteiger partial charge in [0.2, 0.25) is 0 Å². The van der Waals surface area contributed by atoms with Crippen molar-refractivity contribution in [3.05, 3.63) is 71.5 Å². The van der Waals surface area contributed by atoms with Gasteiger partial charge in [0.15, 0.2) is 5.65 Å². The standard InChI is InChI=1S/C28H30F3N7O/c29-28(30,31)22-2-1-10-33-26(22)19-5-3-17(4-6-19)13-35-25-12-24(34-14-20-9-11-32-16-23(20)39)37-27-21(18-7-8-18)15-36-38(25)27/h1-6,10,12,15,18,20,23,32,35,39H,7-9,11,13-14,16H2,(H,34,37)/t20-,23+/m1/s1. The van der Waals surface area contributed by atoms with Crippen LogP contribution in [0.25, 0.3) is 16.9 Å². The Hall–Kier alpha value is -3.70.